The van der Waals surface area contributed by atoms with Crippen LogP contribution >= 0.6 is 15.9 Å². The SMILES string of the molecule is COc1ccccc1C(=O)N/N=C\c1cccc(OCc2ccc(Br)cc2)c1. The Kier molecular flexibility index (Phi) is 6.81. The molecule has 0 heterocycles. The van der Waals surface area contributed by atoms with E-state index >= 15 is 0 Å². The number of hydrogen-bond donors (Lipinski definition) is 1. The molecule has 0 spiro atoms. The minimum Gasteiger partial charge on any atom is -0.496 e. The zero-order valence-electron chi connectivity index (χ0n) is 15.3. The van der Waals surface area contributed by atoms with Gasteiger partial charge in [-0.15, -0.1) is 0 Å². The highest BCUT2D eigenvalue weighted by atomic mass is 79.9. The second-order valence-electron chi connectivity index (χ2n) is 5.89. The van der Waals surface area contributed by atoms with Gasteiger partial charge in [0.2, 0.25) is 0 Å². The fourth-order valence-electron chi connectivity index (χ4n) is 2.49. The van der Waals surface area contributed by atoms with Crippen LogP contribution in [0.4, 0.5) is 0 Å². The lowest BCUT2D eigenvalue weighted by Gasteiger charge is -2.07. The Bertz CT molecular complexity index is 972. The van der Waals surface area contributed by atoms with Gasteiger partial charge in [0.25, 0.3) is 5.91 Å². The average molecular weight is 439 g/mol. The molecular weight excluding hydrogens is 420 g/mol. The van der Waals surface area contributed by atoms with Crippen LogP contribution in [-0.4, -0.2) is 19.2 Å². The highest BCUT2D eigenvalue weighted by molar-refractivity contribution is 9.10. The maximum absolute atomic E-state index is 12.2. The summed E-state index contributed by atoms with van der Waals surface area (Å²) in [4.78, 5) is 12.2. The molecule has 0 aliphatic carbocycles. The van der Waals surface area contributed by atoms with E-state index in [9.17, 15) is 4.79 Å². The number of ether oxygens (including phenoxy) is 2. The van der Waals surface area contributed by atoms with Gasteiger partial charge in [0.05, 0.1) is 18.9 Å². The molecule has 142 valence electrons. The highest BCUT2D eigenvalue weighted by Gasteiger charge is 2.09. The predicted octanol–water partition coefficient (Wildman–Crippen LogP) is 4.80. The number of methoxy groups -OCH3 is 1. The van der Waals surface area contributed by atoms with Crippen LogP contribution in [0.25, 0.3) is 0 Å². The number of rotatable bonds is 7. The Morgan fingerprint density at radius 2 is 1.86 bits per heavy atom. The van der Waals surface area contributed by atoms with Crippen LogP contribution in [0.1, 0.15) is 21.5 Å². The van der Waals surface area contributed by atoms with Crippen LogP contribution in [0.5, 0.6) is 11.5 Å². The summed E-state index contributed by atoms with van der Waals surface area (Å²) in [5, 5.41) is 4.02. The van der Waals surface area contributed by atoms with Gasteiger partial charge >= 0.3 is 0 Å². The summed E-state index contributed by atoms with van der Waals surface area (Å²) in [6.45, 7) is 0.471. The zero-order chi connectivity index (χ0) is 19.8. The van der Waals surface area contributed by atoms with Gasteiger partial charge in [0.1, 0.15) is 18.1 Å². The maximum atomic E-state index is 12.2. The number of carbonyl (C=O) groups is 1. The number of amides is 1. The topological polar surface area (TPSA) is 59.9 Å². The molecule has 3 aromatic rings. The first-order valence-electron chi connectivity index (χ1n) is 8.59. The minimum absolute atomic E-state index is 0.337. The zero-order valence-corrected chi connectivity index (χ0v) is 16.8. The third-order valence-corrected chi connectivity index (χ3v) is 4.44. The predicted molar refractivity (Wildman–Crippen MR) is 113 cm³/mol. The lowest BCUT2D eigenvalue weighted by Crippen LogP contribution is -2.18. The molecule has 0 fully saturated rings. The third kappa shape index (κ3) is 5.44. The van der Waals surface area contributed by atoms with Gasteiger partial charge in [-0.3, -0.25) is 4.79 Å². The van der Waals surface area contributed by atoms with Gasteiger partial charge in [-0.25, -0.2) is 5.43 Å². The standard InChI is InChI=1S/C22H19BrN2O3/c1-27-21-8-3-2-7-20(21)22(26)25-24-14-17-5-4-6-19(13-17)28-15-16-9-11-18(23)12-10-16/h2-14H,15H2,1H3,(H,25,26)/b24-14-. The molecule has 1 amide bonds. The maximum Gasteiger partial charge on any atom is 0.275 e. The van der Waals surface area contributed by atoms with Crippen LogP contribution in [-0.2, 0) is 6.61 Å². The minimum atomic E-state index is -0.337. The molecule has 5 nitrogen and oxygen atoms in total. The number of nitrogens with one attached hydrogen (secondary N) is 1. The van der Waals surface area contributed by atoms with E-state index in [0.717, 1.165) is 21.3 Å². The van der Waals surface area contributed by atoms with E-state index in [1.165, 1.54) is 7.11 Å². The number of hydrogen-bond acceptors (Lipinski definition) is 4. The first-order chi connectivity index (χ1) is 13.7. The summed E-state index contributed by atoms with van der Waals surface area (Å²) >= 11 is 3.42. The van der Waals surface area contributed by atoms with Crippen molar-refractivity contribution in [3.8, 4) is 11.5 Å². The van der Waals surface area contributed by atoms with Crippen molar-refractivity contribution in [1.29, 1.82) is 0 Å². The van der Waals surface area contributed by atoms with Gasteiger partial charge < -0.3 is 9.47 Å². The third-order valence-electron chi connectivity index (χ3n) is 3.91. The molecule has 6 heteroatoms. The summed E-state index contributed by atoms with van der Waals surface area (Å²) < 4.78 is 12.0. The lowest BCUT2D eigenvalue weighted by molar-refractivity contribution is 0.0952. The molecule has 3 rings (SSSR count). The fourth-order valence-corrected chi connectivity index (χ4v) is 2.75. The van der Waals surface area contributed by atoms with Crippen molar-refractivity contribution in [2.45, 2.75) is 6.61 Å². The molecule has 0 aliphatic heterocycles. The van der Waals surface area contributed by atoms with E-state index in [-0.39, 0.29) is 5.91 Å². The number of halogens is 1. The van der Waals surface area contributed by atoms with Gasteiger partial charge in [0, 0.05) is 4.47 Å². The Labute approximate surface area is 172 Å². The smallest absolute Gasteiger partial charge is 0.275 e. The molecule has 0 atom stereocenters. The first-order valence-corrected chi connectivity index (χ1v) is 9.39. The molecule has 28 heavy (non-hydrogen) atoms. The van der Waals surface area contributed by atoms with Crippen molar-refractivity contribution in [3.05, 3.63) is 94.0 Å². The second-order valence-corrected chi connectivity index (χ2v) is 6.80. The van der Waals surface area contributed by atoms with Crippen molar-refractivity contribution in [2.24, 2.45) is 5.10 Å². The van der Waals surface area contributed by atoms with E-state index in [4.69, 9.17) is 9.47 Å². The number of para-hydroxylation sites is 1. The van der Waals surface area contributed by atoms with Gasteiger partial charge in [0.15, 0.2) is 0 Å². The van der Waals surface area contributed by atoms with E-state index < -0.39 is 0 Å². The van der Waals surface area contributed by atoms with Crippen LogP contribution in [0.3, 0.4) is 0 Å². The summed E-state index contributed by atoms with van der Waals surface area (Å²) in [5.41, 5.74) is 4.82. The average Bonchev–Trinajstić information content (AvgIpc) is 2.73. The number of hydrazone groups is 1. The molecule has 0 bridgehead atoms. The van der Waals surface area contributed by atoms with Crippen LogP contribution in [0, 0.1) is 0 Å². The molecule has 1 N–H and O–H groups in total. The van der Waals surface area contributed by atoms with Crippen molar-refractivity contribution in [1.82, 2.24) is 5.43 Å². The van der Waals surface area contributed by atoms with Crippen molar-refractivity contribution in [3.63, 3.8) is 0 Å². The summed E-state index contributed by atoms with van der Waals surface area (Å²) in [6, 6.07) is 22.4. The monoisotopic (exact) mass is 438 g/mol. The molecule has 0 radical (unpaired) electrons. The van der Waals surface area contributed by atoms with Crippen LogP contribution in [0.15, 0.2) is 82.4 Å². The molecule has 0 saturated heterocycles. The fraction of sp³-hybridized carbons (Fsp3) is 0.0909. The molecule has 0 aromatic heterocycles. The van der Waals surface area contributed by atoms with Crippen LogP contribution in [0.2, 0.25) is 0 Å². The van der Waals surface area contributed by atoms with Gasteiger partial charge in [-0.2, -0.15) is 5.10 Å². The van der Waals surface area contributed by atoms with Crippen molar-refractivity contribution in [2.75, 3.05) is 7.11 Å². The van der Waals surface area contributed by atoms with E-state index in [1.807, 2.05) is 48.5 Å². The summed E-state index contributed by atoms with van der Waals surface area (Å²) in [7, 11) is 1.52. The summed E-state index contributed by atoms with van der Waals surface area (Å²) in [5.74, 6) is 0.887. The highest BCUT2D eigenvalue weighted by Crippen LogP contribution is 2.17. The van der Waals surface area contributed by atoms with Crippen molar-refractivity contribution >= 4 is 28.1 Å². The largest absolute Gasteiger partial charge is 0.496 e. The van der Waals surface area contributed by atoms with Gasteiger partial charge in [-0.05, 0) is 47.5 Å². The van der Waals surface area contributed by atoms with E-state index in [1.54, 1.807) is 30.5 Å². The Morgan fingerprint density at radius 3 is 2.64 bits per heavy atom. The first kappa shape index (κ1) is 19.6. The number of nitrogens with zero attached hydrogens (tertiary/aromatic N) is 1. The Hall–Kier alpha value is -3.12. The summed E-state index contributed by atoms with van der Waals surface area (Å²) in [6.07, 6.45) is 1.57. The molecule has 0 aliphatic rings. The number of benzene rings is 3. The number of carbonyl (C=O) groups excluding carboxylic acids is 1. The quantitative estimate of drug-likeness (QED) is 0.425. The Morgan fingerprint density at radius 1 is 1.07 bits per heavy atom. The van der Waals surface area contributed by atoms with E-state index in [0.29, 0.717) is 17.9 Å². The normalized spacial score (nSPS) is 10.6. The molecule has 0 unspecified atom stereocenters. The van der Waals surface area contributed by atoms with Crippen molar-refractivity contribution < 1.29 is 14.3 Å². The molecule has 0 saturated carbocycles. The van der Waals surface area contributed by atoms with E-state index in [2.05, 4.69) is 26.5 Å². The van der Waals surface area contributed by atoms with Crippen LogP contribution < -0.4 is 14.9 Å². The second kappa shape index (κ2) is 9.71. The molecule has 3 aromatic carbocycles. The lowest BCUT2D eigenvalue weighted by atomic mass is 10.2. The molecular formula is C22H19BrN2O3. The van der Waals surface area contributed by atoms with Gasteiger partial charge in [-0.1, -0.05) is 52.3 Å². The Balaban J connectivity index is 1.59.